The van der Waals surface area contributed by atoms with E-state index in [-0.39, 0.29) is 10.6 Å². The Kier molecular flexibility index (Phi) is 3.03. The maximum absolute atomic E-state index is 5.65. The monoisotopic (exact) mass is 232 g/mol. The third-order valence-electron chi connectivity index (χ3n) is 2.27. The Balaban J connectivity index is 2.07. The Bertz CT molecular complexity index is 305. The van der Waals surface area contributed by atoms with E-state index in [9.17, 15) is 0 Å². The first-order valence-electron chi connectivity index (χ1n) is 4.57. The summed E-state index contributed by atoms with van der Waals surface area (Å²) in [6.07, 6.45) is 4.82. The van der Waals surface area contributed by atoms with Crippen molar-refractivity contribution in [2.75, 3.05) is 5.32 Å². The van der Waals surface area contributed by atoms with Crippen LogP contribution in [0.15, 0.2) is 0 Å². The Morgan fingerprint density at radius 3 is 2.14 bits per heavy atom. The van der Waals surface area contributed by atoms with Gasteiger partial charge in [0.25, 0.3) is 0 Å². The minimum Gasteiger partial charge on any atom is -0.351 e. The summed E-state index contributed by atoms with van der Waals surface area (Å²) in [7, 11) is 0. The normalized spacial score (nSPS) is 17.3. The van der Waals surface area contributed by atoms with Crippen LogP contribution in [0.4, 0.5) is 5.95 Å². The molecule has 1 aliphatic carbocycles. The lowest BCUT2D eigenvalue weighted by Gasteiger charge is -2.10. The van der Waals surface area contributed by atoms with Crippen LogP contribution in [0.3, 0.4) is 0 Å². The van der Waals surface area contributed by atoms with E-state index < -0.39 is 0 Å². The topological polar surface area (TPSA) is 50.7 Å². The number of rotatable bonds is 2. The van der Waals surface area contributed by atoms with Crippen molar-refractivity contribution in [3.63, 3.8) is 0 Å². The number of aromatic nitrogens is 3. The van der Waals surface area contributed by atoms with Gasteiger partial charge in [0, 0.05) is 6.04 Å². The van der Waals surface area contributed by atoms with E-state index in [1.807, 2.05) is 0 Å². The van der Waals surface area contributed by atoms with Crippen LogP contribution in [0.5, 0.6) is 0 Å². The Morgan fingerprint density at radius 1 is 1.00 bits per heavy atom. The summed E-state index contributed by atoms with van der Waals surface area (Å²) >= 11 is 11.3. The molecule has 1 heterocycles. The summed E-state index contributed by atoms with van der Waals surface area (Å²) in [6.45, 7) is 0. The molecule has 2 rings (SSSR count). The van der Waals surface area contributed by atoms with Gasteiger partial charge in [0.2, 0.25) is 16.5 Å². The number of halogens is 2. The van der Waals surface area contributed by atoms with Gasteiger partial charge in [-0.3, -0.25) is 0 Å². The summed E-state index contributed by atoms with van der Waals surface area (Å²) in [5.74, 6) is 0.474. The molecule has 0 unspecified atom stereocenters. The Morgan fingerprint density at radius 2 is 1.57 bits per heavy atom. The highest BCUT2D eigenvalue weighted by Gasteiger charge is 2.16. The second kappa shape index (κ2) is 4.28. The smallest absolute Gasteiger partial charge is 0.228 e. The molecular formula is C8H10Cl2N4. The van der Waals surface area contributed by atoms with Crippen molar-refractivity contribution >= 4 is 29.2 Å². The van der Waals surface area contributed by atoms with Crippen molar-refractivity contribution < 1.29 is 0 Å². The zero-order chi connectivity index (χ0) is 9.97. The quantitative estimate of drug-likeness (QED) is 0.852. The second-order valence-electron chi connectivity index (χ2n) is 3.32. The van der Waals surface area contributed by atoms with Gasteiger partial charge in [0.1, 0.15) is 0 Å². The molecule has 14 heavy (non-hydrogen) atoms. The average Bonchev–Trinajstić information content (AvgIpc) is 2.54. The van der Waals surface area contributed by atoms with Gasteiger partial charge in [0.15, 0.2) is 0 Å². The number of anilines is 1. The molecule has 1 N–H and O–H groups in total. The lowest BCUT2D eigenvalue weighted by molar-refractivity contribution is 0.742. The highest BCUT2D eigenvalue weighted by atomic mass is 35.5. The number of nitrogens with one attached hydrogen (secondary N) is 1. The molecule has 0 atom stereocenters. The fourth-order valence-corrected chi connectivity index (χ4v) is 2.01. The van der Waals surface area contributed by atoms with Gasteiger partial charge < -0.3 is 5.32 Å². The molecule has 0 aliphatic heterocycles. The van der Waals surface area contributed by atoms with E-state index >= 15 is 0 Å². The molecule has 0 amide bonds. The van der Waals surface area contributed by atoms with Crippen LogP contribution in [0, 0.1) is 0 Å². The Hall–Kier alpha value is -0.610. The van der Waals surface area contributed by atoms with Gasteiger partial charge in [-0.05, 0) is 36.0 Å². The van der Waals surface area contributed by atoms with E-state index in [4.69, 9.17) is 23.2 Å². The minimum absolute atomic E-state index is 0.130. The zero-order valence-corrected chi connectivity index (χ0v) is 9.02. The summed E-state index contributed by atoms with van der Waals surface area (Å²) in [5.41, 5.74) is 0. The number of nitrogens with zero attached hydrogens (tertiary/aromatic N) is 3. The standard InChI is InChI=1S/C8H10Cl2N4/c9-6-12-7(10)14-8(13-6)11-5-3-1-2-4-5/h5H,1-4H2,(H,11,12,13,14). The highest BCUT2D eigenvalue weighted by molar-refractivity contribution is 6.31. The molecular weight excluding hydrogens is 223 g/mol. The molecule has 1 aromatic rings. The van der Waals surface area contributed by atoms with E-state index in [2.05, 4.69) is 20.3 Å². The first-order valence-corrected chi connectivity index (χ1v) is 5.33. The lowest BCUT2D eigenvalue weighted by atomic mass is 10.3. The van der Waals surface area contributed by atoms with Crippen LogP contribution in [-0.2, 0) is 0 Å². The number of hydrogen-bond acceptors (Lipinski definition) is 4. The molecule has 0 aromatic carbocycles. The average molecular weight is 233 g/mol. The van der Waals surface area contributed by atoms with E-state index in [1.54, 1.807) is 0 Å². The van der Waals surface area contributed by atoms with Crippen LogP contribution in [0.1, 0.15) is 25.7 Å². The molecule has 0 bridgehead atoms. The molecule has 6 heteroatoms. The summed E-state index contributed by atoms with van der Waals surface area (Å²) in [5, 5.41) is 3.45. The maximum atomic E-state index is 5.65. The third-order valence-corrected chi connectivity index (χ3v) is 2.61. The summed E-state index contributed by atoms with van der Waals surface area (Å²) in [6, 6.07) is 0.449. The van der Waals surface area contributed by atoms with Crippen LogP contribution in [0.25, 0.3) is 0 Å². The number of hydrogen-bond donors (Lipinski definition) is 1. The molecule has 1 aromatic heterocycles. The van der Waals surface area contributed by atoms with Gasteiger partial charge in [-0.1, -0.05) is 12.8 Å². The van der Waals surface area contributed by atoms with Crippen LogP contribution in [-0.4, -0.2) is 21.0 Å². The molecule has 0 radical (unpaired) electrons. The van der Waals surface area contributed by atoms with Crippen molar-refractivity contribution in [1.82, 2.24) is 15.0 Å². The van der Waals surface area contributed by atoms with E-state index in [0.717, 1.165) is 12.8 Å². The SMILES string of the molecule is Clc1nc(Cl)nc(NC2CCCC2)n1. The third kappa shape index (κ3) is 2.45. The molecule has 1 fully saturated rings. The van der Waals surface area contributed by atoms with Crippen molar-refractivity contribution in [2.45, 2.75) is 31.7 Å². The van der Waals surface area contributed by atoms with Gasteiger partial charge >= 0.3 is 0 Å². The van der Waals surface area contributed by atoms with Crippen LogP contribution < -0.4 is 5.32 Å². The molecule has 1 aliphatic rings. The van der Waals surface area contributed by atoms with E-state index in [1.165, 1.54) is 12.8 Å². The Labute approximate surface area is 92.1 Å². The predicted molar refractivity (Wildman–Crippen MR) is 55.7 cm³/mol. The fraction of sp³-hybridized carbons (Fsp3) is 0.625. The van der Waals surface area contributed by atoms with Gasteiger partial charge in [-0.2, -0.15) is 15.0 Å². The van der Waals surface area contributed by atoms with E-state index in [0.29, 0.717) is 12.0 Å². The van der Waals surface area contributed by atoms with Crippen molar-refractivity contribution in [3.8, 4) is 0 Å². The van der Waals surface area contributed by atoms with Crippen LogP contribution >= 0.6 is 23.2 Å². The fourth-order valence-electron chi connectivity index (χ4n) is 1.64. The first kappa shape index (κ1) is 9.93. The van der Waals surface area contributed by atoms with Crippen molar-refractivity contribution in [1.29, 1.82) is 0 Å². The summed E-state index contributed by atoms with van der Waals surface area (Å²) in [4.78, 5) is 11.6. The summed E-state index contributed by atoms with van der Waals surface area (Å²) < 4.78 is 0. The zero-order valence-electron chi connectivity index (χ0n) is 7.50. The molecule has 0 saturated heterocycles. The maximum Gasteiger partial charge on any atom is 0.228 e. The largest absolute Gasteiger partial charge is 0.351 e. The molecule has 76 valence electrons. The first-order chi connectivity index (χ1) is 6.74. The van der Waals surface area contributed by atoms with Crippen molar-refractivity contribution in [3.05, 3.63) is 10.6 Å². The predicted octanol–water partition coefficient (Wildman–Crippen LogP) is 2.53. The second-order valence-corrected chi connectivity index (χ2v) is 4.00. The van der Waals surface area contributed by atoms with Crippen molar-refractivity contribution in [2.24, 2.45) is 0 Å². The molecule has 1 saturated carbocycles. The van der Waals surface area contributed by atoms with Gasteiger partial charge in [-0.25, -0.2) is 0 Å². The van der Waals surface area contributed by atoms with Crippen LogP contribution in [0.2, 0.25) is 10.6 Å². The van der Waals surface area contributed by atoms with Gasteiger partial charge in [-0.15, -0.1) is 0 Å². The highest BCUT2D eigenvalue weighted by Crippen LogP contribution is 2.21. The lowest BCUT2D eigenvalue weighted by Crippen LogP contribution is -2.16. The van der Waals surface area contributed by atoms with Gasteiger partial charge in [0.05, 0.1) is 0 Å². The minimum atomic E-state index is 0.130. The molecule has 0 spiro atoms. The molecule has 4 nitrogen and oxygen atoms in total.